The minimum Gasteiger partial charge on any atom is -0.280 e. The molecule has 1 N–H and O–H groups in total. The van der Waals surface area contributed by atoms with Crippen molar-refractivity contribution in [3.05, 3.63) is 109 Å². The summed E-state index contributed by atoms with van der Waals surface area (Å²) in [5, 5.41) is 0. The Kier molecular flexibility index (Phi) is 5.36. The lowest BCUT2D eigenvalue weighted by atomic mass is 10.0. The first-order chi connectivity index (χ1) is 16.0. The van der Waals surface area contributed by atoms with E-state index in [2.05, 4.69) is 4.72 Å². The molecule has 5 rings (SSSR count). The van der Waals surface area contributed by atoms with Crippen LogP contribution in [-0.4, -0.2) is 18.4 Å². The van der Waals surface area contributed by atoms with Gasteiger partial charge in [-0.3, -0.25) is 4.72 Å². The lowest BCUT2D eigenvalue weighted by Gasteiger charge is -2.12. The van der Waals surface area contributed by atoms with Crippen LogP contribution in [0.3, 0.4) is 0 Å². The summed E-state index contributed by atoms with van der Waals surface area (Å²) in [7, 11) is -3.71. The van der Waals surface area contributed by atoms with Gasteiger partial charge < -0.3 is 0 Å². The van der Waals surface area contributed by atoms with Crippen LogP contribution in [0.1, 0.15) is 5.56 Å². The van der Waals surface area contributed by atoms with Crippen LogP contribution < -0.4 is 4.72 Å². The molecule has 0 saturated heterocycles. The molecule has 162 valence electrons. The molecule has 0 saturated carbocycles. The Morgan fingerprint density at radius 1 is 0.636 bits per heavy atom. The van der Waals surface area contributed by atoms with Crippen molar-refractivity contribution >= 4 is 26.7 Å². The number of aryl methyl sites for hydroxylation is 1. The van der Waals surface area contributed by atoms with Gasteiger partial charge in [0.15, 0.2) is 0 Å². The van der Waals surface area contributed by atoms with Crippen LogP contribution in [0.5, 0.6) is 0 Å². The van der Waals surface area contributed by atoms with Crippen LogP contribution in [0, 0.1) is 6.92 Å². The van der Waals surface area contributed by atoms with Gasteiger partial charge in [-0.05, 0) is 37.3 Å². The zero-order valence-electron chi connectivity index (χ0n) is 17.9. The Hall–Kier alpha value is -4.03. The van der Waals surface area contributed by atoms with E-state index in [-0.39, 0.29) is 4.90 Å². The van der Waals surface area contributed by atoms with Gasteiger partial charge >= 0.3 is 0 Å². The molecular formula is C27H21N3O2S. The number of nitrogens with one attached hydrogen (secondary N) is 1. The second-order valence-electron chi connectivity index (χ2n) is 7.77. The number of benzene rings is 4. The molecule has 4 aromatic carbocycles. The molecule has 0 fully saturated rings. The first-order valence-corrected chi connectivity index (χ1v) is 12.0. The maximum Gasteiger partial charge on any atom is 0.261 e. The number of rotatable bonds is 5. The Bertz CT molecular complexity index is 1530. The molecule has 0 aliphatic heterocycles. The average Bonchev–Trinajstić information content (AvgIpc) is 2.84. The van der Waals surface area contributed by atoms with Gasteiger partial charge in [0.1, 0.15) is 0 Å². The van der Waals surface area contributed by atoms with Gasteiger partial charge in [-0.1, -0.05) is 78.4 Å². The van der Waals surface area contributed by atoms with Crippen molar-refractivity contribution in [3.63, 3.8) is 0 Å². The van der Waals surface area contributed by atoms with Crippen molar-refractivity contribution < 1.29 is 8.42 Å². The second kappa shape index (κ2) is 8.48. The molecule has 0 aliphatic rings. The Morgan fingerprint density at radius 2 is 1.18 bits per heavy atom. The van der Waals surface area contributed by atoms with Gasteiger partial charge in [0.2, 0.25) is 0 Å². The lowest BCUT2D eigenvalue weighted by Crippen LogP contribution is -2.13. The number of nitrogens with zero attached hydrogens (tertiary/aromatic N) is 2. The Balaban J connectivity index is 1.60. The zero-order chi connectivity index (χ0) is 22.8. The first-order valence-electron chi connectivity index (χ1n) is 10.5. The summed E-state index contributed by atoms with van der Waals surface area (Å²) in [6.07, 6.45) is 0. The fourth-order valence-corrected chi connectivity index (χ4v) is 4.69. The number of fused-ring (bicyclic) bond motifs is 1. The Labute approximate surface area is 192 Å². The van der Waals surface area contributed by atoms with Crippen molar-refractivity contribution in [3.8, 4) is 22.5 Å². The van der Waals surface area contributed by atoms with Crippen LogP contribution in [-0.2, 0) is 10.0 Å². The predicted octanol–water partition coefficient (Wildman–Crippen LogP) is 6.07. The van der Waals surface area contributed by atoms with E-state index in [0.29, 0.717) is 16.7 Å². The van der Waals surface area contributed by atoms with Crippen LogP contribution in [0.4, 0.5) is 5.69 Å². The third-order valence-corrected chi connectivity index (χ3v) is 6.74. The number of hydrogen-bond acceptors (Lipinski definition) is 4. The highest BCUT2D eigenvalue weighted by molar-refractivity contribution is 7.92. The highest BCUT2D eigenvalue weighted by Gasteiger charge is 2.16. The van der Waals surface area contributed by atoms with Gasteiger partial charge in [0.25, 0.3) is 10.0 Å². The standard InChI is InChI=1S/C27H21N3O2S/c1-19-12-15-23(16-13-19)33(31,32)30-22-14-17-24-25(18-22)29-27(21-10-6-3-7-11-21)26(28-24)20-8-4-2-5-9-20/h2-18,30H,1H3. The molecule has 0 unspecified atom stereocenters. The molecule has 0 radical (unpaired) electrons. The van der Waals surface area contributed by atoms with Crippen molar-refractivity contribution in [1.82, 2.24) is 9.97 Å². The van der Waals surface area contributed by atoms with Gasteiger partial charge in [0, 0.05) is 11.1 Å². The van der Waals surface area contributed by atoms with E-state index >= 15 is 0 Å². The molecule has 5 aromatic rings. The molecule has 5 nitrogen and oxygen atoms in total. The van der Waals surface area contributed by atoms with E-state index in [4.69, 9.17) is 9.97 Å². The summed E-state index contributed by atoms with van der Waals surface area (Å²) in [4.78, 5) is 10.00. The first kappa shape index (κ1) is 20.8. The smallest absolute Gasteiger partial charge is 0.261 e. The minimum atomic E-state index is -3.71. The molecule has 1 heterocycles. The van der Waals surface area contributed by atoms with Crippen LogP contribution >= 0.6 is 0 Å². The summed E-state index contributed by atoms with van der Waals surface area (Å²) >= 11 is 0. The fourth-order valence-electron chi connectivity index (χ4n) is 3.64. The van der Waals surface area contributed by atoms with E-state index < -0.39 is 10.0 Å². The van der Waals surface area contributed by atoms with Crippen molar-refractivity contribution in [2.45, 2.75) is 11.8 Å². The highest BCUT2D eigenvalue weighted by Crippen LogP contribution is 2.31. The highest BCUT2D eigenvalue weighted by atomic mass is 32.2. The molecule has 6 heteroatoms. The van der Waals surface area contributed by atoms with Gasteiger partial charge in [-0.2, -0.15) is 0 Å². The summed E-state index contributed by atoms with van der Waals surface area (Å²) < 4.78 is 28.3. The lowest BCUT2D eigenvalue weighted by molar-refractivity contribution is 0.601. The van der Waals surface area contributed by atoms with Gasteiger partial charge in [-0.15, -0.1) is 0 Å². The van der Waals surface area contributed by atoms with Crippen molar-refractivity contribution in [2.75, 3.05) is 4.72 Å². The molecule has 1 aromatic heterocycles. The zero-order valence-corrected chi connectivity index (χ0v) is 18.8. The van der Waals surface area contributed by atoms with E-state index in [9.17, 15) is 8.42 Å². The minimum absolute atomic E-state index is 0.212. The number of hydrogen-bond donors (Lipinski definition) is 1. The largest absolute Gasteiger partial charge is 0.280 e. The number of aromatic nitrogens is 2. The summed E-state index contributed by atoms with van der Waals surface area (Å²) in [6, 6.07) is 31.7. The quantitative estimate of drug-likeness (QED) is 0.352. The molecule has 0 amide bonds. The van der Waals surface area contributed by atoms with E-state index in [1.54, 1.807) is 42.5 Å². The third-order valence-electron chi connectivity index (χ3n) is 5.34. The average molecular weight is 452 g/mol. The van der Waals surface area contributed by atoms with Gasteiger partial charge in [-0.25, -0.2) is 18.4 Å². The summed E-state index contributed by atoms with van der Waals surface area (Å²) in [5.74, 6) is 0. The maximum atomic E-state index is 12.8. The molecule has 0 aliphatic carbocycles. The molecular weight excluding hydrogens is 430 g/mol. The van der Waals surface area contributed by atoms with E-state index in [1.807, 2.05) is 67.6 Å². The normalized spacial score (nSPS) is 11.4. The van der Waals surface area contributed by atoms with Crippen molar-refractivity contribution in [2.24, 2.45) is 0 Å². The van der Waals surface area contributed by atoms with E-state index in [1.165, 1.54) is 0 Å². The Morgan fingerprint density at radius 3 is 1.76 bits per heavy atom. The second-order valence-corrected chi connectivity index (χ2v) is 9.46. The molecule has 0 spiro atoms. The van der Waals surface area contributed by atoms with Crippen LogP contribution in [0.15, 0.2) is 108 Å². The maximum absolute atomic E-state index is 12.8. The van der Waals surface area contributed by atoms with Gasteiger partial charge in [0.05, 0.1) is 33.0 Å². The molecule has 0 atom stereocenters. The van der Waals surface area contributed by atoms with Crippen molar-refractivity contribution in [1.29, 1.82) is 0 Å². The third kappa shape index (κ3) is 4.33. The fraction of sp³-hybridized carbons (Fsp3) is 0.0370. The monoisotopic (exact) mass is 451 g/mol. The number of sulfonamides is 1. The SMILES string of the molecule is Cc1ccc(S(=O)(=O)Nc2ccc3nc(-c4ccccc4)c(-c4ccccc4)nc3c2)cc1. The van der Waals surface area contributed by atoms with Crippen LogP contribution in [0.2, 0.25) is 0 Å². The summed E-state index contributed by atoms with van der Waals surface area (Å²) in [6.45, 7) is 1.92. The van der Waals surface area contributed by atoms with E-state index in [0.717, 1.165) is 28.1 Å². The topological polar surface area (TPSA) is 72.0 Å². The predicted molar refractivity (Wildman–Crippen MR) is 132 cm³/mol. The summed E-state index contributed by atoms with van der Waals surface area (Å²) in [5.41, 5.74) is 6.16. The molecule has 33 heavy (non-hydrogen) atoms. The molecule has 0 bridgehead atoms. The number of anilines is 1. The van der Waals surface area contributed by atoms with Crippen LogP contribution in [0.25, 0.3) is 33.5 Å².